The molecule has 0 saturated carbocycles. The number of hydrogen-bond acceptors (Lipinski definition) is 4. The van der Waals surface area contributed by atoms with Gasteiger partial charge in [0.2, 0.25) is 0 Å². The number of aliphatic hydroxyl groups is 2. The van der Waals surface area contributed by atoms with E-state index in [1.54, 1.807) is 0 Å². The predicted molar refractivity (Wildman–Crippen MR) is 33.3 cm³/mol. The average molecular weight is 149 g/mol. The Balaban J connectivity index is 3.94. The van der Waals surface area contributed by atoms with Gasteiger partial charge in [0.1, 0.15) is 12.1 Å². The zero-order valence-corrected chi connectivity index (χ0v) is 5.56. The number of nitrogens with two attached hydrogens (primary N) is 1. The molecule has 0 amide bonds. The van der Waals surface area contributed by atoms with Gasteiger partial charge in [0, 0.05) is 0 Å². The average Bonchev–Trinajstić information content (AvgIpc) is 1.84. The molecule has 0 aliphatic rings. The summed E-state index contributed by atoms with van der Waals surface area (Å²) in [6.45, 7) is 1.27. The Morgan fingerprint density at radius 3 is 2.00 bits per heavy atom. The van der Waals surface area contributed by atoms with Crippen LogP contribution in [0.4, 0.5) is 0 Å². The predicted octanol–water partition coefficient (Wildman–Crippen LogP) is -1.86. The molecule has 0 bridgehead atoms. The normalized spacial score (nSPS) is 19.6. The fourth-order valence-electron chi connectivity index (χ4n) is 0.446. The summed E-state index contributed by atoms with van der Waals surface area (Å²) < 4.78 is 0. The molecule has 5 heteroatoms. The van der Waals surface area contributed by atoms with Crippen LogP contribution < -0.4 is 5.73 Å². The Labute approximate surface area is 58.1 Å². The molecular weight excluding hydrogens is 138 g/mol. The second-order valence-corrected chi connectivity index (χ2v) is 2.10. The molecule has 0 aromatic carbocycles. The molecule has 0 spiro atoms. The largest absolute Gasteiger partial charge is 0.480 e. The third-order valence-electron chi connectivity index (χ3n) is 1.15. The highest BCUT2D eigenvalue weighted by atomic mass is 16.4. The van der Waals surface area contributed by atoms with E-state index in [0.29, 0.717) is 0 Å². The van der Waals surface area contributed by atoms with Crippen LogP contribution in [-0.4, -0.2) is 39.5 Å². The first-order chi connectivity index (χ1) is 4.46. The van der Waals surface area contributed by atoms with Gasteiger partial charge < -0.3 is 21.1 Å². The van der Waals surface area contributed by atoms with Crippen molar-refractivity contribution in [1.82, 2.24) is 0 Å². The summed E-state index contributed by atoms with van der Waals surface area (Å²) in [5.41, 5.74) is 4.95. The van der Waals surface area contributed by atoms with Crippen molar-refractivity contribution in [3.8, 4) is 0 Å². The number of carboxylic acids is 1. The van der Waals surface area contributed by atoms with E-state index in [-0.39, 0.29) is 0 Å². The van der Waals surface area contributed by atoms with Gasteiger partial charge in [-0.3, -0.25) is 4.79 Å². The molecule has 3 atom stereocenters. The number of aliphatic hydroxyl groups excluding tert-OH is 2. The third kappa shape index (κ3) is 2.30. The van der Waals surface area contributed by atoms with Crippen LogP contribution in [0.25, 0.3) is 0 Å². The Hall–Kier alpha value is -0.650. The van der Waals surface area contributed by atoms with Gasteiger partial charge in [-0.15, -0.1) is 0 Å². The molecular formula is C5H11NO4. The van der Waals surface area contributed by atoms with Crippen LogP contribution in [0.1, 0.15) is 6.92 Å². The minimum Gasteiger partial charge on any atom is -0.480 e. The number of carboxylic acid groups (broad SMARTS) is 1. The Bertz CT molecular complexity index is 125. The fraction of sp³-hybridized carbons (Fsp3) is 0.800. The molecule has 0 aliphatic heterocycles. The molecule has 60 valence electrons. The summed E-state index contributed by atoms with van der Waals surface area (Å²) >= 11 is 0. The lowest BCUT2D eigenvalue weighted by Gasteiger charge is -2.16. The van der Waals surface area contributed by atoms with Crippen LogP contribution >= 0.6 is 0 Å². The first-order valence-corrected chi connectivity index (χ1v) is 2.81. The van der Waals surface area contributed by atoms with E-state index in [0.717, 1.165) is 0 Å². The number of rotatable bonds is 3. The van der Waals surface area contributed by atoms with E-state index in [1.165, 1.54) is 6.92 Å². The van der Waals surface area contributed by atoms with Crippen LogP contribution in [-0.2, 0) is 4.79 Å². The van der Waals surface area contributed by atoms with Crippen molar-refractivity contribution in [2.45, 2.75) is 25.2 Å². The van der Waals surface area contributed by atoms with Gasteiger partial charge in [0.15, 0.2) is 0 Å². The summed E-state index contributed by atoms with van der Waals surface area (Å²) in [5.74, 6) is -1.33. The molecule has 5 nitrogen and oxygen atoms in total. The molecule has 0 fully saturated rings. The number of carbonyl (C=O) groups is 1. The van der Waals surface area contributed by atoms with E-state index in [9.17, 15) is 4.79 Å². The van der Waals surface area contributed by atoms with Crippen LogP contribution in [0.15, 0.2) is 0 Å². The maximum atomic E-state index is 10.0. The van der Waals surface area contributed by atoms with Gasteiger partial charge in [-0.25, -0.2) is 0 Å². The summed E-state index contributed by atoms with van der Waals surface area (Å²) in [6.07, 6.45) is -2.52. The van der Waals surface area contributed by atoms with Gasteiger partial charge >= 0.3 is 5.97 Å². The summed E-state index contributed by atoms with van der Waals surface area (Å²) in [7, 11) is 0. The minimum absolute atomic E-state index is 1.12. The van der Waals surface area contributed by atoms with Gasteiger partial charge in [0.05, 0.1) is 6.10 Å². The Kier molecular flexibility index (Phi) is 3.27. The van der Waals surface area contributed by atoms with Gasteiger partial charge in [-0.05, 0) is 6.92 Å². The maximum absolute atomic E-state index is 10.0. The van der Waals surface area contributed by atoms with Crippen molar-refractivity contribution in [2.75, 3.05) is 0 Å². The van der Waals surface area contributed by atoms with Crippen molar-refractivity contribution in [3.05, 3.63) is 0 Å². The second kappa shape index (κ2) is 3.50. The van der Waals surface area contributed by atoms with E-state index >= 15 is 0 Å². The van der Waals surface area contributed by atoms with E-state index in [2.05, 4.69) is 0 Å². The monoisotopic (exact) mass is 149 g/mol. The van der Waals surface area contributed by atoms with Crippen molar-refractivity contribution in [2.24, 2.45) is 5.73 Å². The number of hydrogen-bond donors (Lipinski definition) is 4. The second-order valence-electron chi connectivity index (χ2n) is 2.10. The molecule has 10 heavy (non-hydrogen) atoms. The molecule has 0 heterocycles. The highest BCUT2D eigenvalue weighted by Gasteiger charge is 2.25. The Morgan fingerprint density at radius 2 is 1.90 bits per heavy atom. The first kappa shape index (κ1) is 9.35. The van der Waals surface area contributed by atoms with Gasteiger partial charge in [-0.2, -0.15) is 0 Å². The molecule has 1 unspecified atom stereocenters. The van der Waals surface area contributed by atoms with Gasteiger partial charge in [-0.1, -0.05) is 0 Å². The molecule has 0 aliphatic carbocycles. The Morgan fingerprint density at radius 1 is 1.50 bits per heavy atom. The minimum atomic E-state index is -1.42. The topological polar surface area (TPSA) is 104 Å². The highest BCUT2D eigenvalue weighted by molar-refractivity contribution is 5.73. The zero-order chi connectivity index (χ0) is 8.31. The fourth-order valence-corrected chi connectivity index (χ4v) is 0.446. The third-order valence-corrected chi connectivity index (χ3v) is 1.15. The molecule has 0 radical (unpaired) electrons. The smallest absolute Gasteiger partial charge is 0.323 e. The maximum Gasteiger partial charge on any atom is 0.323 e. The van der Waals surface area contributed by atoms with Crippen molar-refractivity contribution in [1.29, 1.82) is 0 Å². The highest BCUT2D eigenvalue weighted by Crippen LogP contribution is 1.96. The van der Waals surface area contributed by atoms with Crippen molar-refractivity contribution < 1.29 is 20.1 Å². The molecule has 5 N–H and O–H groups in total. The molecule has 0 aromatic heterocycles. The lowest BCUT2D eigenvalue weighted by Crippen LogP contribution is -2.47. The SMILES string of the molecule is C[C@@H](O)C(O)[C@H](N)C(=O)O. The van der Waals surface area contributed by atoms with Crippen LogP contribution in [0.2, 0.25) is 0 Å². The van der Waals surface area contributed by atoms with Gasteiger partial charge in [0.25, 0.3) is 0 Å². The first-order valence-electron chi connectivity index (χ1n) is 2.81. The molecule has 0 aromatic rings. The summed E-state index contributed by atoms with van der Waals surface area (Å²) in [5, 5.41) is 25.7. The molecule has 0 rings (SSSR count). The van der Waals surface area contributed by atoms with Crippen molar-refractivity contribution in [3.63, 3.8) is 0 Å². The van der Waals surface area contributed by atoms with Crippen molar-refractivity contribution >= 4 is 5.97 Å². The number of aliphatic carboxylic acids is 1. The zero-order valence-electron chi connectivity index (χ0n) is 5.56. The quantitative estimate of drug-likeness (QED) is 0.376. The van der Waals surface area contributed by atoms with Crippen LogP contribution in [0, 0.1) is 0 Å². The van der Waals surface area contributed by atoms with E-state index < -0.39 is 24.2 Å². The summed E-state index contributed by atoms with van der Waals surface area (Å²) in [6, 6.07) is -1.42. The standard InChI is InChI=1S/C5H11NO4/c1-2(7)4(8)3(6)5(9)10/h2-4,7-8H,6H2,1H3,(H,9,10)/t2-,3+,4?/m1/s1. The van der Waals surface area contributed by atoms with Crippen LogP contribution in [0.5, 0.6) is 0 Å². The lowest BCUT2D eigenvalue weighted by atomic mass is 10.1. The molecule has 0 saturated heterocycles. The van der Waals surface area contributed by atoms with Crippen LogP contribution in [0.3, 0.4) is 0 Å². The summed E-state index contributed by atoms with van der Waals surface area (Å²) in [4.78, 5) is 10.0. The van der Waals surface area contributed by atoms with E-state index in [4.69, 9.17) is 21.1 Å². The lowest BCUT2D eigenvalue weighted by molar-refractivity contribution is -0.143. The van der Waals surface area contributed by atoms with E-state index in [1.807, 2.05) is 0 Å².